The predicted molar refractivity (Wildman–Crippen MR) is 89.7 cm³/mol. The van der Waals surface area contributed by atoms with Crippen molar-refractivity contribution in [3.8, 4) is 0 Å². The molecule has 21 heavy (non-hydrogen) atoms. The first-order chi connectivity index (χ1) is 10.2. The van der Waals surface area contributed by atoms with Crippen LogP contribution < -0.4 is 5.32 Å². The third kappa shape index (κ3) is 3.33. The number of thiophene rings is 1. The molecule has 1 N–H and O–H groups in total. The van der Waals surface area contributed by atoms with E-state index in [1.807, 2.05) is 6.92 Å². The van der Waals surface area contributed by atoms with E-state index in [1.165, 1.54) is 16.4 Å². The Morgan fingerprint density at radius 3 is 2.81 bits per heavy atom. The summed E-state index contributed by atoms with van der Waals surface area (Å²) in [4.78, 5) is 15.9. The molecule has 0 fully saturated rings. The second-order valence-corrected chi connectivity index (χ2v) is 7.79. The van der Waals surface area contributed by atoms with E-state index in [0.29, 0.717) is 5.95 Å². The van der Waals surface area contributed by atoms with Gasteiger partial charge in [-0.15, -0.1) is 11.3 Å². The molecule has 0 aromatic carbocycles. The molecule has 0 radical (unpaired) electrons. The van der Waals surface area contributed by atoms with Crippen LogP contribution in [0.1, 0.15) is 24.0 Å². The maximum Gasteiger partial charge on any atom is 0.225 e. The average Bonchev–Trinajstić information content (AvgIpc) is 3.01. The van der Waals surface area contributed by atoms with Crippen LogP contribution in [0.25, 0.3) is 10.2 Å². The summed E-state index contributed by atoms with van der Waals surface area (Å²) < 4.78 is 5.14. The zero-order valence-electron chi connectivity index (χ0n) is 12.0. The molecule has 0 aliphatic carbocycles. The van der Waals surface area contributed by atoms with Gasteiger partial charge in [0, 0.05) is 16.8 Å². The first-order valence-corrected chi connectivity index (χ1v) is 9.06. The van der Waals surface area contributed by atoms with Gasteiger partial charge in [-0.1, -0.05) is 6.92 Å². The Balaban J connectivity index is 2.01. The second-order valence-electron chi connectivity index (χ2n) is 4.56. The fraction of sp³-hybridized carbons (Fsp3) is 0.385. The number of rotatable bonds is 5. The van der Waals surface area contributed by atoms with Gasteiger partial charge in [0.05, 0.1) is 0 Å². The van der Waals surface area contributed by atoms with Crippen molar-refractivity contribution < 1.29 is 0 Å². The molecule has 3 heterocycles. The van der Waals surface area contributed by atoms with Crippen molar-refractivity contribution >= 4 is 50.8 Å². The van der Waals surface area contributed by atoms with Crippen molar-refractivity contribution in [1.82, 2.24) is 19.3 Å². The third-order valence-corrected chi connectivity index (χ3v) is 5.50. The lowest BCUT2D eigenvalue weighted by Gasteiger charge is -2.05. The van der Waals surface area contributed by atoms with E-state index >= 15 is 0 Å². The monoisotopic (exact) mass is 337 g/mol. The third-order valence-electron chi connectivity index (χ3n) is 2.71. The minimum atomic E-state index is 0.690. The van der Waals surface area contributed by atoms with E-state index < -0.39 is 0 Å². The van der Waals surface area contributed by atoms with Gasteiger partial charge in [0.25, 0.3) is 0 Å². The summed E-state index contributed by atoms with van der Waals surface area (Å²) in [6.07, 6.45) is 1.04. The highest BCUT2D eigenvalue weighted by Crippen LogP contribution is 2.36. The molecule has 0 amide bonds. The Morgan fingerprint density at radius 2 is 2.10 bits per heavy atom. The Hall–Kier alpha value is -1.25. The highest BCUT2D eigenvalue weighted by Gasteiger charge is 2.13. The van der Waals surface area contributed by atoms with Gasteiger partial charge in [-0.05, 0) is 49.6 Å². The topological polar surface area (TPSA) is 63.6 Å². The lowest BCUT2D eigenvalue weighted by atomic mass is 10.4. The maximum atomic E-state index is 4.64. The summed E-state index contributed by atoms with van der Waals surface area (Å²) in [6, 6.07) is 2.14. The number of hydrogen-bond acceptors (Lipinski definition) is 8. The van der Waals surface area contributed by atoms with Crippen molar-refractivity contribution in [3.05, 3.63) is 16.8 Å². The summed E-state index contributed by atoms with van der Waals surface area (Å²) in [7, 11) is 0. The second kappa shape index (κ2) is 6.25. The van der Waals surface area contributed by atoms with Gasteiger partial charge < -0.3 is 5.32 Å². The molecular formula is C13H15N5S3. The standard InChI is InChI=1S/C13H15N5S3/c1-4-5-14-12-16-10-9(6-7(2)19-10)11(17-12)20-13-15-8(3)18-21-13/h6H,4-5H2,1-3H3,(H,14,16,17). The number of aryl methyl sites for hydroxylation is 2. The Labute approximate surface area is 135 Å². The molecule has 0 aliphatic rings. The molecule has 3 aromatic heterocycles. The summed E-state index contributed by atoms with van der Waals surface area (Å²) in [6.45, 7) is 6.99. The van der Waals surface area contributed by atoms with Gasteiger partial charge in [0.15, 0.2) is 4.34 Å². The largest absolute Gasteiger partial charge is 0.354 e. The Morgan fingerprint density at radius 1 is 1.24 bits per heavy atom. The average molecular weight is 337 g/mol. The maximum absolute atomic E-state index is 4.64. The fourth-order valence-electron chi connectivity index (χ4n) is 1.81. The van der Waals surface area contributed by atoms with E-state index in [2.05, 4.69) is 44.6 Å². The van der Waals surface area contributed by atoms with Crippen molar-refractivity contribution in [2.45, 2.75) is 36.6 Å². The van der Waals surface area contributed by atoms with E-state index in [9.17, 15) is 0 Å². The van der Waals surface area contributed by atoms with Gasteiger partial charge in [0.1, 0.15) is 15.7 Å². The van der Waals surface area contributed by atoms with Crippen molar-refractivity contribution in [3.63, 3.8) is 0 Å². The van der Waals surface area contributed by atoms with E-state index in [4.69, 9.17) is 0 Å². The van der Waals surface area contributed by atoms with Crippen LogP contribution in [0.4, 0.5) is 5.95 Å². The van der Waals surface area contributed by atoms with Crippen LogP contribution in [0.15, 0.2) is 15.4 Å². The molecule has 0 spiro atoms. The molecule has 0 bridgehead atoms. The first-order valence-electron chi connectivity index (χ1n) is 6.66. The van der Waals surface area contributed by atoms with Gasteiger partial charge >= 0.3 is 0 Å². The lowest BCUT2D eigenvalue weighted by molar-refractivity contribution is 0.946. The van der Waals surface area contributed by atoms with E-state index in [-0.39, 0.29) is 0 Å². The van der Waals surface area contributed by atoms with E-state index in [1.54, 1.807) is 23.1 Å². The smallest absolute Gasteiger partial charge is 0.225 e. The number of hydrogen-bond donors (Lipinski definition) is 1. The molecule has 3 rings (SSSR count). The van der Waals surface area contributed by atoms with Gasteiger partial charge in [-0.25, -0.2) is 15.0 Å². The zero-order valence-corrected chi connectivity index (χ0v) is 14.5. The highest BCUT2D eigenvalue weighted by atomic mass is 32.2. The Bertz CT molecular complexity index is 764. The summed E-state index contributed by atoms with van der Waals surface area (Å²) in [5, 5.41) is 5.30. The molecule has 5 nitrogen and oxygen atoms in total. The number of nitrogens with one attached hydrogen (secondary N) is 1. The van der Waals surface area contributed by atoms with Crippen LogP contribution in [0, 0.1) is 13.8 Å². The number of nitrogens with zero attached hydrogens (tertiary/aromatic N) is 4. The first kappa shape index (κ1) is 14.7. The molecule has 0 saturated heterocycles. The van der Waals surface area contributed by atoms with E-state index in [0.717, 1.165) is 38.4 Å². The molecule has 0 unspecified atom stereocenters. The lowest BCUT2D eigenvalue weighted by Crippen LogP contribution is -2.04. The van der Waals surface area contributed by atoms with Crippen LogP contribution >= 0.6 is 34.6 Å². The quantitative estimate of drug-likeness (QED) is 0.706. The van der Waals surface area contributed by atoms with Crippen molar-refractivity contribution in [2.75, 3.05) is 11.9 Å². The minimum absolute atomic E-state index is 0.690. The molecule has 0 atom stereocenters. The van der Waals surface area contributed by atoms with Crippen LogP contribution in [0.3, 0.4) is 0 Å². The van der Waals surface area contributed by atoms with Gasteiger partial charge in [-0.3, -0.25) is 0 Å². The van der Waals surface area contributed by atoms with Crippen LogP contribution in [0.2, 0.25) is 0 Å². The molecule has 0 aliphatic heterocycles. The normalized spacial score (nSPS) is 11.2. The highest BCUT2D eigenvalue weighted by molar-refractivity contribution is 8.01. The molecular weight excluding hydrogens is 322 g/mol. The van der Waals surface area contributed by atoms with Crippen LogP contribution in [-0.2, 0) is 0 Å². The van der Waals surface area contributed by atoms with Crippen LogP contribution in [-0.4, -0.2) is 25.9 Å². The molecule has 0 saturated carbocycles. The number of anilines is 1. The van der Waals surface area contributed by atoms with Crippen molar-refractivity contribution in [2.24, 2.45) is 0 Å². The summed E-state index contributed by atoms with van der Waals surface area (Å²) in [5.74, 6) is 1.49. The Kier molecular flexibility index (Phi) is 4.37. The SMILES string of the molecule is CCCNc1nc(Sc2nc(C)ns2)c2cc(C)sc2n1. The minimum Gasteiger partial charge on any atom is -0.354 e. The summed E-state index contributed by atoms with van der Waals surface area (Å²) >= 11 is 4.66. The predicted octanol–water partition coefficient (Wildman–Crippen LogP) is 4.13. The van der Waals surface area contributed by atoms with Crippen molar-refractivity contribution in [1.29, 1.82) is 0 Å². The van der Waals surface area contributed by atoms with Gasteiger partial charge in [-0.2, -0.15) is 4.37 Å². The summed E-state index contributed by atoms with van der Waals surface area (Å²) in [5.41, 5.74) is 0. The molecule has 8 heteroatoms. The molecule has 110 valence electrons. The molecule has 3 aromatic rings. The fourth-order valence-corrected chi connectivity index (χ4v) is 4.42. The number of fused-ring (bicyclic) bond motifs is 1. The number of aromatic nitrogens is 4. The zero-order chi connectivity index (χ0) is 14.8. The van der Waals surface area contributed by atoms with Crippen LogP contribution in [0.5, 0.6) is 0 Å². The van der Waals surface area contributed by atoms with Gasteiger partial charge in [0.2, 0.25) is 5.95 Å².